The number of aromatic nitrogens is 2. The van der Waals surface area contributed by atoms with Gasteiger partial charge in [0.1, 0.15) is 0 Å². The SMILES string of the molecule is FC(F)(F)c1ccc2[nH]c(CN3CCN(c4ccncc4)CC3)cc2c1. The Hall–Kier alpha value is -2.54. The van der Waals surface area contributed by atoms with Gasteiger partial charge in [0, 0.05) is 67.4 Å². The number of aromatic amines is 1. The minimum atomic E-state index is -4.31. The Morgan fingerprint density at radius 2 is 1.69 bits per heavy atom. The van der Waals surface area contributed by atoms with Crippen LogP contribution in [0.15, 0.2) is 48.8 Å². The highest BCUT2D eigenvalue weighted by Gasteiger charge is 2.30. The molecule has 0 unspecified atom stereocenters. The lowest BCUT2D eigenvalue weighted by Crippen LogP contribution is -2.46. The van der Waals surface area contributed by atoms with Crippen LogP contribution in [0.3, 0.4) is 0 Å². The van der Waals surface area contributed by atoms with Gasteiger partial charge in [0.15, 0.2) is 0 Å². The van der Waals surface area contributed by atoms with Crippen molar-refractivity contribution in [3.63, 3.8) is 0 Å². The number of anilines is 1. The van der Waals surface area contributed by atoms with Crippen LogP contribution in [0.5, 0.6) is 0 Å². The molecule has 136 valence electrons. The van der Waals surface area contributed by atoms with Crippen LogP contribution in [0.1, 0.15) is 11.3 Å². The molecular formula is C19H19F3N4. The Balaban J connectivity index is 1.42. The van der Waals surface area contributed by atoms with Crippen molar-refractivity contribution < 1.29 is 13.2 Å². The summed E-state index contributed by atoms with van der Waals surface area (Å²) in [4.78, 5) is 11.9. The lowest BCUT2D eigenvalue weighted by atomic mass is 10.1. The number of hydrogen-bond donors (Lipinski definition) is 1. The smallest absolute Gasteiger partial charge is 0.369 e. The average molecular weight is 360 g/mol. The Morgan fingerprint density at radius 3 is 2.38 bits per heavy atom. The second-order valence-corrected chi connectivity index (χ2v) is 6.56. The minimum absolute atomic E-state index is 0.602. The zero-order chi connectivity index (χ0) is 18.1. The molecule has 1 N–H and O–H groups in total. The third-order valence-corrected chi connectivity index (χ3v) is 4.80. The van der Waals surface area contributed by atoms with Crippen molar-refractivity contribution in [3.8, 4) is 0 Å². The highest BCUT2D eigenvalue weighted by Crippen LogP contribution is 2.31. The van der Waals surface area contributed by atoms with Gasteiger partial charge < -0.3 is 9.88 Å². The molecule has 1 fully saturated rings. The van der Waals surface area contributed by atoms with Gasteiger partial charge in [-0.15, -0.1) is 0 Å². The van der Waals surface area contributed by atoms with Crippen LogP contribution in [0.4, 0.5) is 18.9 Å². The molecule has 1 aliphatic heterocycles. The highest BCUT2D eigenvalue weighted by atomic mass is 19.4. The number of piperazine rings is 1. The average Bonchev–Trinajstić information content (AvgIpc) is 3.04. The van der Waals surface area contributed by atoms with Gasteiger partial charge in [-0.3, -0.25) is 9.88 Å². The monoisotopic (exact) mass is 360 g/mol. The number of fused-ring (bicyclic) bond motifs is 1. The molecule has 1 aromatic carbocycles. The molecule has 3 heterocycles. The summed E-state index contributed by atoms with van der Waals surface area (Å²) < 4.78 is 38.5. The molecule has 0 spiro atoms. The normalized spacial score (nSPS) is 16.3. The zero-order valence-electron chi connectivity index (χ0n) is 14.1. The predicted molar refractivity (Wildman–Crippen MR) is 95.0 cm³/mol. The van der Waals surface area contributed by atoms with Crippen molar-refractivity contribution in [2.45, 2.75) is 12.7 Å². The summed E-state index contributed by atoms with van der Waals surface area (Å²) in [6.45, 7) is 4.36. The fourth-order valence-corrected chi connectivity index (χ4v) is 3.41. The maximum absolute atomic E-state index is 12.8. The number of pyridine rings is 1. The van der Waals surface area contributed by atoms with Crippen molar-refractivity contribution >= 4 is 16.6 Å². The maximum atomic E-state index is 12.8. The van der Waals surface area contributed by atoms with Crippen LogP contribution in [0, 0.1) is 0 Å². The molecule has 1 aliphatic rings. The molecule has 2 aromatic heterocycles. The number of rotatable bonds is 3. The predicted octanol–water partition coefficient (Wildman–Crippen LogP) is 3.90. The molecule has 0 aliphatic carbocycles. The number of benzene rings is 1. The van der Waals surface area contributed by atoms with E-state index in [4.69, 9.17) is 0 Å². The number of nitrogens with zero attached hydrogens (tertiary/aromatic N) is 3. The molecule has 3 aromatic rings. The first-order valence-electron chi connectivity index (χ1n) is 8.55. The minimum Gasteiger partial charge on any atom is -0.369 e. The fraction of sp³-hybridized carbons (Fsp3) is 0.316. The van der Waals surface area contributed by atoms with E-state index < -0.39 is 11.7 Å². The van der Waals surface area contributed by atoms with Crippen LogP contribution in [-0.2, 0) is 12.7 Å². The molecule has 4 nitrogen and oxygen atoms in total. The first-order valence-corrected chi connectivity index (χ1v) is 8.55. The zero-order valence-corrected chi connectivity index (χ0v) is 14.1. The summed E-state index contributed by atoms with van der Waals surface area (Å²) in [5.74, 6) is 0. The van der Waals surface area contributed by atoms with E-state index in [1.165, 1.54) is 17.8 Å². The van der Waals surface area contributed by atoms with E-state index >= 15 is 0 Å². The van der Waals surface area contributed by atoms with Gasteiger partial charge in [0.05, 0.1) is 5.56 Å². The summed E-state index contributed by atoms with van der Waals surface area (Å²) in [7, 11) is 0. The van der Waals surface area contributed by atoms with Crippen molar-refractivity contribution in [1.82, 2.24) is 14.9 Å². The van der Waals surface area contributed by atoms with E-state index in [2.05, 4.69) is 19.8 Å². The fourth-order valence-electron chi connectivity index (χ4n) is 3.41. The standard InChI is InChI=1S/C19H19F3N4/c20-19(21,22)15-1-2-18-14(11-15)12-16(24-18)13-25-7-9-26(10-8-25)17-3-5-23-6-4-17/h1-6,11-12,24H,7-10,13H2. The topological polar surface area (TPSA) is 35.2 Å². The first-order chi connectivity index (χ1) is 12.5. The molecular weight excluding hydrogens is 341 g/mol. The highest BCUT2D eigenvalue weighted by molar-refractivity contribution is 5.81. The number of alkyl halides is 3. The summed E-state index contributed by atoms with van der Waals surface area (Å²) >= 11 is 0. The molecule has 0 atom stereocenters. The second-order valence-electron chi connectivity index (χ2n) is 6.56. The van der Waals surface area contributed by atoms with Gasteiger partial charge in [-0.25, -0.2) is 0 Å². The van der Waals surface area contributed by atoms with Gasteiger partial charge in [-0.2, -0.15) is 13.2 Å². The number of nitrogens with one attached hydrogen (secondary N) is 1. The van der Waals surface area contributed by atoms with Crippen molar-refractivity contribution in [3.05, 3.63) is 60.0 Å². The Morgan fingerprint density at radius 1 is 0.962 bits per heavy atom. The van der Waals surface area contributed by atoms with E-state index in [0.29, 0.717) is 11.9 Å². The Bertz CT molecular complexity index is 881. The van der Waals surface area contributed by atoms with Gasteiger partial charge in [0.2, 0.25) is 0 Å². The van der Waals surface area contributed by atoms with E-state index in [0.717, 1.165) is 43.5 Å². The largest absolute Gasteiger partial charge is 0.416 e. The van der Waals surface area contributed by atoms with Crippen LogP contribution in [0.2, 0.25) is 0 Å². The van der Waals surface area contributed by atoms with Crippen molar-refractivity contribution in [2.75, 3.05) is 31.1 Å². The van der Waals surface area contributed by atoms with Gasteiger partial charge >= 0.3 is 6.18 Å². The van der Waals surface area contributed by atoms with E-state index in [1.807, 2.05) is 18.2 Å². The summed E-state index contributed by atoms with van der Waals surface area (Å²) in [5.41, 5.74) is 2.24. The van der Waals surface area contributed by atoms with E-state index in [-0.39, 0.29) is 0 Å². The Kier molecular flexibility index (Phi) is 4.32. The lowest BCUT2D eigenvalue weighted by molar-refractivity contribution is -0.137. The number of H-pyrrole nitrogens is 1. The number of hydrogen-bond acceptors (Lipinski definition) is 3. The van der Waals surface area contributed by atoms with Crippen LogP contribution in [-0.4, -0.2) is 41.0 Å². The summed E-state index contributed by atoms with van der Waals surface area (Å²) in [6.07, 6.45) is -0.725. The quantitative estimate of drug-likeness (QED) is 0.769. The molecule has 1 saturated heterocycles. The third kappa shape index (κ3) is 3.53. The summed E-state index contributed by atoms with van der Waals surface area (Å²) in [6, 6.07) is 9.66. The van der Waals surface area contributed by atoms with Gasteiger partial charge in [-0.1, -0.05) is 0 Å². The molecule has 7 heteroatoms. The van der Waals surface area contributed by atoms with Crippen molar-refractivity contribution in [2.24, 2.45) is 0 Å². The molecule has 0 bridgehead atoms. The Labute approximate surface area is 149 Å². The van der Waals surface area contributed by atoms with Crippen molar-refractivity contribution in [1.29, 1.82) is 0 Å². The lowest BCUT2D eigenvalue weighted by Gasteiger charge is -2.35. The van der Waals surface area contributed by atoms with Crippen LogP contribution >= 0.6 is 0 Å². The van der Waals surface area contributed by atoms with Gasteiger partial charge in [0.25, 0.3) is 0 Å². The molecule has 0 amide bonds. The maximum Gasteiger partial charge on any atom is 0.416 e. The third-order valence-electron chi connectivity index (χ3n) is 4.80. The number of halogens is 3. The first kappa shape index (κ1) is 16.9. The molecule has 4 rings (SSSR count). The van der Waals surface area contributed by atoms with Crippen LogP contribution in [0.25, 0.3) is 10.9 Å². The molecule has 0 radical (unpaired) electrons. The van der Waals surface area contributed by atoms with Crippen LogP contribution < -0.4 is 4.90 Å². The molecule has 0 saturated carbocycles. The van der Waals surface area contributed by atoms with E-state index in [1.54, 1.807) is 12.4 Å². The summed E-state index contributed by atoms with van der Waals surface area (Å²) in [5, 5.41) is 0.602. The van der Waals surface area contributed by atoms with Gasteiger partial charge in [-0.05, 0) is 36.4 Å². The second kappa shape index (κ2) is 6.64. The van der Waals surface area contributed by atoms with E-state index in [9.17, 15) is 13.2 Å². The molecule has 26 heavy (non-hydrogen) atoms.